The van der Waals surface area contributed by atoms with Crippen molar-refractivity contribution in [2.45, 2.75) is 124 Å². The number of hydrogen-bond acceptors (Lipinski definition) is 0. The summed E-state index contributed by atoms with van der Waals surface area (Å²) in [5, 5.41) is 4.68. The molecule has 0 spiro atoms. The molecule has 0 atom stereocenters. The van der Waals surface area contributed by atoms with E-state index in [1.807, 2.05) is 0 Å². The van der Waals surface area contributed by atoms with E-state index in [1.165, 1.54) is 33.4 Å². The lowest BCUT2D eigenvalue weighted by Crippen LogP contribution is -2.69. The normalized spacial score (nSPS) is 14.2. The van der Waals surface area contributed by atoms with Gasteiger partial charge in [-0.15, -0.1) is 0 Å². The van der Waals surface area contributed by atoms with E-state index in [0.29, 0.717) is 41.0 Å². The maximum Gasteiger partial charge on any atom is 0.158 e. The van der Waals surface area contributed by atoms with Crippen LogP contribution in [0.5, 0.6) is 0 Å². The van der Waals surface area contributed by atoms with Crippen molar-refractivity contribution < 1.29 is 0 Å². The van der Waals surface area contributed by atoms with Crippen molar-refractivity contribution in [3.63, 3.8) is 0 Å². The minimum atomic E-state index is -2.63. The lowest BCUT2D eigenvalue weighted by Gasteiger charge is -2.40. The van der Waals surface area contributed by atoms with Crippen LogP contribution in [0.1, 0.15) is 152 Å². The van der Waals surface area contributed by atoms with Crippen LogP contribution in [0, 0.1) is 0 Å². The third-order valence-corrected chi connectivity index (χ3v) is 14.5. The van der Waals surface area contributed by atoms with E-state index in [1.54, 1.807) is 15.6 Å². The molecule has 0 fully saturated rings. The van der Waals surface area contributed by atoms with E-state index in [2.05, 4.69) is 162 Å². The second kappa shape index (κ2) is 12.9. The number of benzene rings is 3. The molecule has 0 saturated carbocycles. The summed E-state index contributed by atoms with van der Waals surface area (Å²) < 4.78 is 0. The molecule has 1 aliphatic carbocycles. The van der Waals surface area contributed by atoms with Crippen molar-refractivity contribution in [1.82, 2.24) is 0 Å². The highest BCUT2D eigenvalue weighted by atomic mass is 28.3. The molecule has 3 aromatic carbocycles. The average molecular weight is 577 g/mol. The van der Waals surface area contributed by atoms with Gasteiger partial charge in [-0.1, -0.05) is 162 Å². The zero-order chi connectivity index (χ0) is 30.9. The Balaban J connectivity index is 2.28. The molecule has 42 heavy (non-hydrogen) atoms. The molecule has 0 N–H and O–H groups in total. The Hall–Kier alpha value is -2.64. The second-order valence-corrected chi connectivity index (χ2v) is 18.7. The maximum atomic E-state index is 2.61. The van der Waals surface area contributed by atoms with Gasteiger partial charge in [-0.3, -0.25) is 0 Å². The van der Waals surface area contributed by atoms with E-state index in [-0.39, 0.29) is 0 Å². The van der Waals surface area contributed by atoms with Crippen LogP contribution in [0.15, 0.2) is 78.9 Å². The topological polar surface area (TPSA) is 0 Å². The van der Waals surface area contributed by atoms with Gasteiger partial charge >= 0.3 is 0 Å². The highest BCUT2D eigenvalue weighted by Crippen LogP contribution is 2.34. The summed E-state index contributed by atoms with van der Waals surface area (Å²) >= 11 is 0. The third kappa shape index (κ3) is 6.33. The summed E-state index contributed by atoms with van der Waals surface area (Å²) in [7, 11) is -2.63. The Morgan fingerprint density at radius 2 is 0.571 bits per heavy atom. The Morgan fingerprint density at radius 1 is 0.357 bits per heavy atom. The zero-order valence-corrected chi connectivity index (χ0v) is 29.5. The van der Waals surface area contributed by atoms with Gasteiger partial charge in [0.25, 0.3) is 0 Å². The predicted octanol–water partition coefficient (Wildman–Crippen LogP) is 10.4. The number of hydrogen-bond donors (Lipinski definition) is 0. The standard InChI is InChI=1S/C41H56Si/c1-26(2)32-17-33(27(3)4)21-39(20-32)42(38-15-13-14-16-38,40-22-34(28(5)6)18-35(23-40)29(7)8)41-24-36(30(9)10)19-37(25-41)31(11)12/h13-31,38H,1-12H3. The highest BCUT2D eigenvalue weighted by Gasteiger charge is 2.46. The van der Waals surface area contributed by atoms with Crippen LogP contribution in [-0.2, 0) is 0 Å². The Kier molecular flexibility index (Phi) is 9.93. The van der Waals surface area contributed by atoms with Crippen molar-refractivity contribution in [3.05, 3.63) is 112 Å². The highest BCUT2D eigenvalue weighted by molar-refractivity contribution is 7.13. The van der Waals surface area contributed by atoms with E-state index < -0.39 is 8.07 Å². The van der Waals surface area contributed by atoms with Crippen molar-refractivity contribution in [1.29, 1.82) is 0 Å². The Morgan fingerprint density at radius 3 is 0.762 bits per heavy atom. The SMILES string of the molecule is CC(C)c1cc(C(C)C)cc([Si](c2cc(C(C)C)cc(C(C)C)c2)(c2cc(C(C)C)cc(C(C)C)c2)C2C=CC=C2)c1. The first-order valence-electron chi connectivity index (χ1n) is 16.6. The molecule has 0 nitrogen and oxygen atoms in total. The molecule has 1 heteroatoms. The van der Waals surface area contributed by atoms with Crippen LogP contribution >= 0.6 is 0 Å². The number of allylic oxidation sites excluding steroid dienone is 4. The lowest BCUT2D eigenvalue weighted by atomic mass is 9.95. The molecule has 224 valence electrons. The first-order chi connectivity index (χ1) is 19.7. The van der Waals surface area contributed by atoms with Gasteiger partial charge in [0.1, 0.15) is 0 Å². The zero-order valence-electron chi connectivity index (χ0n) is 28.5. The smallest absolute Gasteiger partial charge is 0.0793 e. The molecular formula is C41H56Si. The second-order valence-electron chi connectivity index (χ2n) is 14.7. The van der Waals surface area contributed by atoms with Gasteiger partial charge in [-0.05, 0) is 84.4 Å². The van der Waals surface area contributed by atoms with Crippen LogP contribution in [0.25, 0.3) is 0 Å². The Labute approximate surface area is 259 Å². The molecule has 4 rings (SSSR count). The van der Waals surface area contributed by atoms with E-state index in [9.17, 15) is 0 Å². The van der Waals surface area contributed by atoms with Gasteiger partial charge in [0.05, 0.1) is 0 Å². The molecule has 0 saturated heterocycles. The van der Waals surface area contributed by atoms with Crippen molar-refractivity contribution in [2.24, 2.45) is 0 Å². The van der Waals surface area contributed by atoms with Gasteiger partial charge in [0, 0.05) is 5.54 Å². The van der Waals surface area contributed by atoms with Crippen LogP contribution in [0.3, 0.4) is 0 Å². The average Bonchev–Trinajstić information content (AvgIpc) is 3.48. The van der Waals surface area contributed by atoms with Gasteiger partial charge in [0.2, 0.25) is 0 Å². The van der Waals surface area contributed by atoms with E-state index in [0.717, 1.165) is 0 Å². The molecule has 0 radical (unpaired) electrons. The fourth-order valence-corrected chi connectivity index (χ4v) is 11.8. The largest absolute Gasteiger partial charge is 0.158 e. The predicted molar refractivity (Wildman–Crippen MR) is 191 cm³/mol. The molecule has 0 aliphatic heterocycles. The summed E-state index contributed by atoms with van der Waals surface area (Å²) in [6, 6.07) is 23.1. The van der Waals surface area contributed by atoms with Crippen LogP contribution < -0.4 is 15.6 Å². The summed E-state index contributed by atoms with van der Waals surface area (Å²) in [4.78, 5) is 0. The molecule has 3 aromatic rings. The molecule has 0 unspecified atom stereocenters. The first kappa shape index (κ1) is 32.3. The van der Waals surface area contributed by atoms with Gasteiger partial charge in [-0.25, -0.2) is 0 Å². The fourth-order valence-electron chi connectivity index (χ4n) is 6.51. The van der Waals surface area contributed by atoms with Gasteiger partial charge in [-0.2, -0.15) is 0 Å². The van der Waals surface area contributed by atoms with Gasteiger partial charge < -0.3 is 0 Å². The monoisotopic (exact) mass is 576 g/mol. The van der Waals surface area contributed by atoms with Crippen LogP contribution in [0.4, 0.5) is 0 Å². The molecule has 0 amide bonds. The first-order valence-corrected chi connectivity index (χ1v) is 18.6. The molecule has 0 heterocycles. The molecule has 0 aromatic heterocycles. The lowest BCUT2D eigenvalue weighted by molar-refractivity contribution is 0.834. The quantitative estimate of drug-likeness (QED) is 0.166. The summed E-state index contributed by atoms with van der Waals surface area (Å²) in [6.07, 6.45) is 9.62. The van der Waals surface area contributed by atoms with Crippen molar-refractivity contribution >= 4 is 23.6 Å². The van der Waals surface area contributed by atoms with Crippen LogP contribution in [-0.4, -0.2) is 8.07 Å². The molecular weight excluding hydrogens is 521 g/mol. The van der Waals surface area contributed by atoms with E-state index in [4.69, 9.17) is 0 Å². The fraction of sp³-hybridized carbons (Fsp3) is 0.463. The minimum Gasteiger partial charge on any atom is -0.0793 e. The third-order valence-electron chi connectivity index (χ3n) is 9.55. The van der Waals surface area contributed by atoms with Crippen molar-refractivity contribution in [3.8, 4) is 0 Å². The Bertz CT molecular complexity index is 1200. The summed E-state index contributed by atoms with van der Waals surface area (Å²) in [6.45, 7) is 28.3. The van der Waals surface area contributed by atoms with Gasteiger partial charge in [0.15, 0.2) is 8.07 Å². The summed E-state index contributed by atoms with van der Waals surface area (Å²) in [5.41, 5.74) is 9.14. The number of rotatable bonds is 10. The minimum absolute atomic E-state index is 0.352. The van der Waals surface area contributed by atoms with Crippen molar-refractivity contribution in [2.75, 3.05) is 0 Å². The molecule has 1 aliphatic rings. The maximum absolute atomic E-state index is 2.63. The van der Waals surface area contributed by atoms with E-state index >= 15 is 0 Å². The molecule has 0 bridgehead atoms. The van der Waals surface area contributed by atoms with Crippen LogP contribution in [0.2, 0.25) is 5.54 Å². The summed E-state index contributed by atoms with van der Waals surface area (Å²) in [5.74, 6) is 2.86.